The summed E-state index contributed by atoms with van der Waals surface area (Å²) in [5.41, 5.74) is 8.21. The average Bonchev–Trinajstić information content (AvgIpc) is 3.30. The van der Waals surface area contributed by atoms with Crippen molar-refractivity contribution in [2.24, 2.45) is 5.73 Å². The number of nitrogens with zero attached hydrogens (tertiary/aromatic N) is 1. The molecule has 0 aliphatic heterocycles. The summed E-state index contributed by atoms with van der Waals surface area (Å²) in [6.45, 7) is 1.94. The SMILES string of the molecule is Cc1cc(C2CC2)c2n[nH]c(-c3c(C(N)=O)ccc(F)c3F)c2c1. The molecule has 6 heteroatoms. The summed E-state index contributed by atoms with van der Waals surface area (Å²) in [7, 11) is 0. The first kappa shape index (κ1) is 14.8. The largest absolute Gasteiger partial charge is 0.366 e. The first-order chi connectivity index (χ1) is 11.5. The van der Waals surface area contributed by atoms with Crippen molar-refractivity contribution in [3.05, 3.63) is 52.6 Å². The lowest BCUT2D eigenvalue weighted by molar-refractivity contribution is 0.100. The van der Waals surface area contributed by atoms with Crippen LogP contribution in [0.25, 0.3) is 22.2 Å². The number of rotatable bonds is 3. The maximum Gasteiger partial charge on any atom is 0.249 e. The molecule has 1 aromatic heterocycles. The number of aromatic amines is 1. The standard InChI is InChI=1S/C18H15F2N3O/c1-8-6-11(9-2-3-9)16-12(7-8)17(23-22-16)14-10(18(21)24)4-5-13(19)15(14)20/h4-7,9H,2-3H2,1H3,(H2,21,24)(H,22,23). The molecule has 4 nitrogen and oxygen atoms in total. The van der Waals surface area contributed by atoms with Crippen LogP contribution in [-0.4, -0.2) is 16.1 Å². The fourth-order valence-electron chi connectivity index (χ4n) is 3.19. The number of hydrogen-bond donors (Lipinski definition) is 2. The highest BCUT2D eigenvalue weighted by Crippen LogP contribution is 2.44. The summed E-state index contributed by atoms with van der Waals surface area (Å²) in [4.78, 5) is 11.7. The molecule has 0 bridgehead atoms. The Bertz CT molecular complexity index is 990. The molecule has 0 unspecified atom stereocenters. The van der Waals surface area contributed by atoms with Crippen LogP contribution < -0.4 is 5.73 Å². The molecule has 3 aromatic rings. The lowest BCUT2D eigenvalue weighted by Crippen LogP contribution is -2.14. The van der Waals surface area contributed by atoms with Gasteiger partial charge in [0, 0.05) is 5.39 Å². The minimum absolute atomic E-state index is 0.0751. The molecule has 0 atom stereocenters. The van der Waals surface area contributed by atoms with Gasteiger partial charge in [0.2, 0.25) is 5.91 Å². The lowest BCUT2D eigenvalue weighted by Gasteiger charge is -2.09. The average molecular weight is 327 g/mol. The quantitative estimate of drug-likeness (QED) is 0.768. The molecular weight excluding hydrogens is 312 g/mol. The van der Waals surface area contributed by atoms with E-state index in [1.54, 1.807) is 0 Å². The van der Waals surface area contributed by atoms with Crippen LogP contribution in [0.5, 0.6) is 0 Å². The Morgan fingerprint density at radius 3 is 2.71 bits per heavy atom. The van der Waals surface area contributed by atoms with Crippen molar-refractivity contribution >= 4 is 16.8 Å². The van der Waals surface area contributed by atoms with Gasteiger partial charge in [0.25, 0.3) is 0 Å². The van der Waals surface area contributed by atoms with Gasteiger partial charge in [0.1, 0.15) is 0 Å². The van der Waals surface area contributed by atoms with Gasteiger partial charge in [-0.1, -0.05) is 11.6 Å². The topological polar surface area (TPSA) is 71.8 Å². The maximum atomic E-state index is 14.5. The maximum absolute atomic E-state index is 14.5. The Balaban J connectivity index is 2.05. The molecule has 122 valence electrons. The van der Waals surface area contributed by atoms with E-state index in [2.05, 4.69) is 16.3 Å². The number of primary amides is 1. The van der Waals surface area contributed by atoms with Crippen LogP contribution in [0.4, 0.5) is 8.78 Å². The number of carbonyl (C=O) groups excluding carboxylic acids is 1. The molecule has 0 radical (unpaired) electrons. The zero-order valence-electron chi connectivity index (χ0n) is 13.0. The molecule has 1 heterocycles. The van der Waals surface area contributed by atoms with Crippen molar-refractivity contribution in [3.8, 4) is 11.3 Å². The van der Waals surface area contributed by atoms with Gasteiger partial charge in [0.05, 0.1) is 22.3 Å². The van der Waals surface area contributed by atoms with E-state index in [4.69, 9.17) is 5.73 Å². The van der Waals surface area contributed by atoms with Crippen molar-refractivity contribution < 1.29 is 13.6 Å². The Morgan fingerprint density at radius 2 is 2.04 bits per heavy atom. The number of aryl methyl sites for hydroxylation is 1. The van der Waals surface area contributed by atoms with Crippen LogP contribution in [0.1, 0.15) is 40.2 Å². The van der Waals surface area contributed by atoms with E-state index >= 15 is 0 Å². The first-order valence-electron chi connectivity index (χ1n) is 7.74. The summed E-state index contributed by atoms with van der Waals surface area (Å²) in [6.07, 6.45) is 2.20. The predicted molar refractivity (Wildman–Crippen MR) is 86.7 cm³/mol. The van der Waals surface area contributed by atoms with Gasteiger partial charge in [-0.3, -0.25) is 9.89 Å². The molecule has 0 saturated heterocycles. The van der Waals surface area contributed by atoms with Crippen LogP contribution >= 0.6 is 0 Å². The summed E-state index contributed by atoms with van der Waals surface area (Å²) in [5, 5.41) is 7.75. The van der Waals surface area contributed by atoms with Crippen molar-refractivity contribution in [1.29, 1.82) is 0 Å². The van der Waals surface area contributed by atoms with Gasteiger partial charge in [-0.15, -0.1) is 0 Å². The van der Waals surface area contributed by atoms with Gasteiger partial charge in [0.15, 0.2) is 11.6 Å². The molecule has 1 saturated carbocycles. The molecule has 4 rings (SSSR count). The van der Waals surface area contributed by atoms with Crippen molar-refractivity contribution in [3.63, 3.8) is 0 Å². The number of H-pyrrole nitrogens is 1. The molecule has 1 amide bonds. The van der Waals surface area contributed by atoms with Crippen LogP contribution in [0.3, 0.4) is 0 Å². The minimum atomic E-state index is -1.11. The first-order valence-corrected chi connectivity index (χ1v) is 7.74. The van der Waals surface area contributed by atoms with E-state index in [1.807, 2.05) is 13.0 Å². The Kier molecular flexibility index (Phi) is 3.16. The molecule has 1 aliphatic carbocycles. The fourth-order valence-corrected chi connectivity index (χ4v) is 3.19. The summed E-state index contributed by atoms with van der Waals surface area (Å²) in [6, 6.07) is 6.02. The monoisotopic (exact) mass is 327 g/mol. The number of benzene rings is 2. The zero-order valence-corrected chi connectivity index (χ0v) is 13.0. The third kappa shape index (κ3) is 2.18. The smallest absolute Gasteiger partial charge is 0.249 e. The Hall–Kier alpha value is -2.76. The predicted octanol–water partition coefficient (Wildman–Crippen LogP) is 3.79. The highest BCUT2D eigenvalue weighted by atomic mass is 19.2. The molecule has 24 heavy (non-hydrogen) atoms. The number of amides is 1. The van der Waals surface area contributed by atoms with Gasteiger partial charge >= 0.3 is 0 Å². The zero-order chi connectivity index (χ0) is 17.0. The van der Waals surface area contributed by atoms with Crippen LogP contribution in [0.15, 0.2) is 24.3 Å². The van der Waals surface area contributed by atoms with E-state index in [1.165, 1.54) is 6.07 Å². The van der Waals surface area contributed by atoms with Crippen LogP contribution in [0, 0.1) is 18.6 Å². The lowest BCUT2D eigenvalue weighted by atomic mass is 9.97. The van der Waals surface area contributed by atoms with Crippen LogP contribution in [-0.2, 0) is 0 Å². The molecule has 2 aromatic carbocycles. The van der Waals surface area contributed by atoms with Gasteiger partial charge in [-0.25, -0.2) is 8.78 Å². The number of nitrogens with one attached hydrogen (secondary N) is 1. The third-order valence-corrected chi connectivity index (χ3v) is 4.46. The minimum Gasteiger partial charge on any atom is -0.366 e. The van der Waals surface area contributed by atoms with E-state index < -0.39 is 17.5 Å². The second-order valence-electron chi connectivity index (χ2n) is 6.27. The third-order valence-electron chi connectivity index (χ3n) is 4.46. The van der Waals surface area contributed by atoms with Crippen LogP contribution in [0.2, 0.25) is 0 Å². The molecule has 1 aliphatic rings. The number of hydrogen-bond acceptors (Lipinski definition) is 2. The number of nitrogens with two attached hydrogens (primary N) is 1. The van der Waals surface area contributed by atoms with E-state index in [-0.39, 0.29) is 16.8 Å². The molecular formula is C18H15F2N3O. The summed E-state index contributed by atoms with van der Waals surface area (Å²) < 4.78 is 28.2. The van der Waals surface area contributed by atoms with Gasteiger partial charge in [-0.2, -0.15) is 5.10 Å². The second-order valence-corrected chi connectivity index (χ2v) is 6.27. The molecule has 1 fully saturated rings. The van der Waals surface area contributed by atoms with Crippen molar-refractivity contribution in [1.82, 2.24) is 10.2 Å². The van der Waals surface area contributed by atoms with E-state index in [9.17, 15) is 13.6 Å². The van der Waals surface area contributed by atoms with E-state index in [0.29, 0.717) is 11.3 Å². The molecule has 0 spiro atoms. The normalized spacial score (nSPS) is 14.3. The second kappa shape index (κ2) is 5.12. The number of fused-ring (bicyclic) bond motifs is 1. The molecule has 3 N–H and O–H groups in total. The number of halogens is 2. The number of aromatic nitrogens is 2. The summed E-state index contributed by atoms with van der Waals surface area (Å²) >= 11 is 0. The Morgan fingerprint density at radius 1 is 1.29 bits per heavy atom. The van der Waals surface area contributed by atoms with Crippen molar-refractivity contribution in [2.75, 3.05) is 0 Å². The number of carbonyl (C=O) groups is 1. The van der Waals surface area contributed by atoms with Crippen molar-refractivity contribution in [2.45, 2.75) is 25.7 Å². The summed E-state index contributed by atoms with van der Waals surface area (Å²) in [5.74, 6) is -2.50. The highest BCUT2D eigenvalue weighted by molar-refractivity contribution is 6.04. The van der Waals surface area contributed by atoms with Gasteiger partial charge < -0.3 is 5.73 Å². The fraction of sp³-hybridized carbons (Fsp3) is 0.222. The van der Waals surface area contributed by atoms with E-state index in [0.717, 1.165) is 35.6 Å². The highest BCUT2D eigenvalue weighted by Gasteiger charge is 2.29. The van der Waals surface area contributed by atoms with Gasteiger partial charge in [-0.05, 0) is 49.4 Å². The Labute approximate surface area is 136 Å².